The molecular weight excluding hydrogens is 401 g/mol. The van der Waals surface area contributed by atoms with Gasteiger partial charge in [-0.2, -0.15) is 22.8 Å². The van der Waals surface area contributed by atoms with Crippen LogP contribution in [0.1, 0.15) is 25.1 Å². The van der Waals surface area contributed by atoms with Crippen molar-refractivity contribution in [1.82, 2.24) is 34.5 Å². The minimum absolute atomic E-state index is 0.0352. The van der Waals surface area contributed by atoms with E-state index in [1.54, 1.807) is 18.3 Å². The number of likely N-dealkylation sites (tertiary alicyclic amines) is 1. The Bertz CT molecular complexity index is 1060. The number of fused-ring (bicyclic) bond motifs is 1. The van der Waals surface area contributed by atoms with Crippen LogP contribution in [0.4, 0.5) is 19.0 Å². The van der Waals surface area contributed by atoms with Gasteiger partial charge in [-0.3, -0.25) is 9.69 Å². The predicted molar refractivity (Wildman–Crippen MR) is 102 cm³/mol. The van der Waals surface area contributed by atoms with Crippen LogP contribution in [0, 0.1) is 0 Å². The maximum atomic E-state index is 13.0. The summed E-state index contributed by atoms with van der Waals surface area (Å²) in [5.74, 6) is -0.833. The van der Waals surface area contributed by atoms with Crippen molar-refractivity contribution in [3.8, 4) is 0 Å². The number of alkyl halides is 3. The first kappa shape index (κ1) is 20.3. The SMILES string of the molecule is O=c1cccnn1CCN1CCCCC1CNc1ccc2nnc(C(F)(F)F)n2n1. The molecule has 1 aliphatic rings. The lowest BCUT2D eigenvalue weighted by Gasteiger charge is -2.35. The Morgan fingerprint density at radius 3 is 2.80 bits per heavy atom. The molecule has 1 fully saturated rings. The van der Waals surface area contributed by atoms with E-state index in [-0.39, 0.29) is 17.2 Å². The Hall–Kier alpha value is -3.02. The largest absolute Gasteiger partial charge is 0.453 e. The number of piperidine rings is 1. The summed E-state index contributed by atoms with van der Waals surface area (Å²) >= 11 is 0. The van der Waals surface area contributed by atoms with Gasteiger partial charge >= 0.3 is 6.18 Å². The fraction of sp³-hybridized carbons (Fsp3) is 0.500. The Labute approximate surface area is 169 Å². The summed E-state index contributed by atoms with van der Waals surface area (Å²) in [6.45, 7) is 2.57. The molecule has 1 saturated heterocycles. The van der Waals surface area contributed by atoms with Gasteiger partial charge in [0.2, 0.25) is 0 Å². The van der Waals surface area contributed by atoms with Crippen LogP contribution in [0.25, 0.3) is 5.65 Å². The van der Waals surface area contributed by atoms with Crippen molar-refractivity contribution in [3.63, 3.8) is 0 Å². The van der Waals surface area contributed by atoms with Crippen LogP contribution in [0.2, 0.25) is 0 Å². The third kappa shape index (κ3) is 4.42. The number of aromatic nitrogens is 6. The van der Waals surface area contributed by atoms with Gasteiger partial charge in [-0.05, 0) is 37.6 Å². The number of hydrogen-bond donors (Lipinski definition) is 1. The topological polar surface area (TPSA) is 93.2 Å². The van der Waals surface area contributed by atoms with Gasteiger partial charge in [0.15, 0.2) is 5.65 Å². The van der Waals surface area contributed by atoms with E-state index >= 15 is 0 Å². The van der Waals surface area contributed by atoms with Gasteiger partial charge in [0.25, 0.3) is 11.4 Å². The number of hydrogen-bond acceptors (Lipinski definition) is 7. The van der Waals surface area contributed by atoms with Crippen molar-refractivity contribution in [2.75, 3.05) is 25.0 Å². The second kappa shape index (κ2) is 8.38. The lowest BCUT2D eigenvalue weighted by molar-refractivity contribution is -0.146. The zero-order valence-corrected chi connectivity index (χ0v) is 16.1. The molecule has 0 saturated carbocycles. The average Bonchev–Trinajstić information content (AvgIpc) is 3.16. The Balaban J connectivity index is 1.42. The van der Waals surface area contributed by atoms with Crippen molar-refractivity contribution < 1.29 is 13.2 Å². The smallest absolute Gasteiger partial charge is 0.367 e. The summed E-state index contributed by atoms with van der Waals surface area (Å²) in [5.41, 5.74) is -0.107. The average molecular weight is 422 g/mol. The molecule has 4 heterocycles. The molecule has 0 aromatic carbocycles. The Morgan fingerprint density at radius 1 is 1.13 bits per heavy atom. The standard InChI is InChI=1S/C18H21F3N8O/c19-18(20,21)17-25-24-15-7-6-14(26-29(15)17)22-12-13-4-1-2-9-27(13)10-11-28-16(30)5-3-8-23-28/h3,5-8,13H,1-2,4,9-12H2,(H,22,26). The van der Waals surface area contributed by atoms with Crippen molar-refractivity contribution in [2.45, 2.75) is 38.0 Å². The summed E-state index contributed by atoms with van der Waals surface area (Å²) in [7, 11) is 0. The summed E-state index contributed by atoms with van der Waals surface area (Å²) < 4.78 is 41.3. The number of halogens is 3. The van der Waals surface area contributed by atoms with E-state index in [1.807, 2.05) is 0 Å². The normalized spacial score (nSPS) is 18.0. The number of rotatable bonds is 6. The molecule has 1 aliphatic heterocycles. The molecule has 3 aromatic heterocycles. The molecule has 0 aliphatic carbocycles. The number of nitrogens with one attached hydrogen (secondary N) is 1. The molecule has 0 bridgehead atoms. The fourth-order valence-corrected chi connectivity index (χ4v) is 3.65. The van der Waals surface area contributed by atoms with Crippen molar-refractivity contribution in [1.29, 1.82) is 0 Å². The summed E-state index contributed by atoms with van der Waals surface area (Å²) in [5, 5.41) is 17.9. The van der Waals surface area contributed by atoms with E-state index in [2.05, 4.69) is 30.6 Å². The summed E-state index contributed by atoms with van der Waals surface area (Å²) in [6, 6.07) is 6.30. The second-order valence-electron chi connectivity index (χ2n) is 7.16. The van der Waals surface area contributed by atoms with Crippen LogP contribution < -0.4 is 10.9 Å². The molecule has 30 heavy (non-hydrogen) atoms. The van der Waals surface area contributed by atoms with Gasteiger partial charge in [-0.1, -0.05) is 6.42 Å². The fourth-order valence-electron chi connectivity index (χ4n) is 3.65. The van der Waals surface area contributed by atoms with Crippen LogP contribution in [0.5, 0.6) is 0 Å². The highest BCUT2D eigenvalue weighted by molar-refractivity contribution is 5.44. The van der Waals surface area contributed by atoms with Gasteiger partial charge in [0.05, 0.1) is 6.54 Å². The monoisotopic (exact) mass is 422 g/mol. The van der Waals surface area contributed by atoms with E-state index in [0.717, 1.165) is 25.8 Å². The first-order valence-electron chi connectivity index (χ1n) is 9.71. The van der Waals surface area contributed by atoms with Crippen molar-refractivity contribution >= 4 is 11.5 Å². The van der Waals surface area contributed by atoms with Gasteiger partial charge in [-0.25, -0.2) is 4.68 Å². The van der Waals surface area contributed by atoms with E-state index in [0.29, 0.717) is 30.0 Å². The molecule has 0 radical (unpaired) electrons. The van der Waals surface area contributed by atoms with Gasteiger partial charge < -0.3 is 5.32 Å². The number of nitrogens with zero attached hydrogens (tertiary/aromatic N) is 7. The molecule has 160 valence electrons. The maximum Gasteiger partial charge on any atom is 0.453 e. The highest BCUT2D eigenvalue weighted by atomic mass is 19.4. The Kier molecular flexibility index (Phi) is 5.66. The predicted octanol–water partition coefficient (Wildman–Crippen LogP) is 1.67. The van der Waals surface area contributed by atoms with Crippen LogP contribution in [-0.4, -0.2) is 60.2 Å². The summed E-state index contributed by atoms with van der Waals surface area (Å²) in [4.78, 5) is 14.1. The maximum absolute atomic E-state index is 13.0. The third-order valence-electron chi connectivity index (χ3n) is 5.17. The van der Waals surface area contributed by atoms with E-state index in [9.17, 15) is 18.0 Å². The third-order valence-corrected chi connectivity index (χ3v) is 5.17. The molecule has 12 heteroatoms. The minimum Gasteiger partial charge on any atom is -0.367 e. The van der Waals surface area contributed by atoms with Crippen molar-refractivity contribution in [2.24, 2.45) is 0 Å². The zero-order valence-electron chi connectivity index (χ0n) is 16.1. The molecule has 0 amide bonds. The molecular formula is C18H21F3N8O. The molecule has 4 rings (SSSR count). The second-order valence-corrected chi connectivity index (χ2v) is 7.16. The lowest BCUT2D eigenvalue weighted by Crippen LogP contribution is -2.45. The molecule has 1 unspecified atom stereocenters. The van der Waals surface area contributed by atoms with Crippen LogP contribution in [-0.2, 0) is 12.7 Å². The first-order valence-corrected chi connectivity index (χ1v) is 9.71. The Morgan fingerprint density at radius 2 is 2.00 bits per heavy atom. The highest BCUT2D eigenvalue weighted by Gasteiger charge is 2.37. The lowest BCUT2D eigenvalue weighted by atomic mass is 10.0. The van der Waals surface area contributed by atoms with Crippen LogP contribution in [0.3, 0.4) is 0 Å². The van der Waals surface area contributed by atoms with Gasteiger partial charge in [0, 0.05) is 31.4 Å². The highest BCUT2D eigenvalue weighted by Crippen LogP contribution is 2.27. The quantitative estimate of drug-likeness (QED) is 0.646. The number of anilines is 1. The molecule has 1 N–H and O–H groups in total. The minimum atomic E-state index is -4.63. The molecule has 3 aromatic rings. The van der Waals surface area contributed by atoms with Crippen LogP contribution >= 0.6 is 0 Å². The molecule has 0 spiro atoms. The van der Waals surface area contributed by atoms with E-state index in [4.69, 9.17) is 0 Å². The van der Waals surface area contributed by atoms with Gasteiger partial charge in [-0.15, -0.1) is 15.3 Å². The van der Waals surface area contributed by atoms with E-state index in [1.165, 1.54) is 16.8 Å². The van der Waals surface area contributed by atoms with Crippen LogP contribution in [0.15, 0.2) is 35.3 Å². The molecule has 1 atom stereocenters. The van der Waals surface area contributed by atoms with Crippen molar-refractivity contribution in [3.05, 3.63) is 46.6 Å². The van der Waals surface area contributed by atoms with Gasteiger partial charge in [0.1, 0.15) is 5.82 Å². The first-order chi connectivity index (χ1) is 14.4. The molecule has 9 nitrogen and oxygen atoms in total. The van der Waals surface area contributed by atoms with E-state index < -0.39 is 12.0 Å². The summed E-state index contributed by atoms with van der Waals surface area (Å²) in [6.07, 6.45) is 0.0379. The zero-order chi connectivity index (χ0) is 21.1.